The number of rotatable bonds is 4. The highest BCUT2D eigenvalue weighted by molar-refractivity contribution is 5.56. The zero-order valence-electron chi connectivity index (χ0n) is 13.7. The van der Waals surface area contributed by atoms with Gasteiger partial charge in [0.15, 0.2) is 11.4 Å². The molecular weight excluding hydrogens is 272 g/mol. The Labute approximate surface area is 131 Å². The average molecular weight is 294 g/mol. The summed E-state index contributed by atoms with van der Waals surface area (Å²) < 4.78 is 8.20. The van der Waals surface area contributed by atoms with E-state index in [0.717, 1.165) is 29.2 Å². The highest BCUT2D eigenvalue weighted by Gasteiger charge is 2.11. The maximum Gasteiger partial charge on any atom is 0.180 e. The van der Waals surface area contributed by atoms with Gasteiger partial charge in [-0.3, -0.25) is 0 Å². The summed E-state index contributed by atoms with van der Waals surface area (Å²) in [5.41, 5.74) is 7.01. The lowest BCUT2D eigenvalue weighted by atomic mass is 10.0. The van der Waals surface area contributed by atoms with Gasteiger partial charge in [-0.2, -0.15) is 0 Å². The Hall–Kier alpha value is -2.29. The van der Waals surface area contributed by atoms with Gasteiger partial charge in [0.05, 0.1) is 5.69 Å². The van der Waals surface area contributed by atoms with Crippen LogP contribution in [0, 0.1) is 20.8 Å². The second-order valence-electron chi connectivity index (χ2n) is 5.70. The first-order chi connectivity index (χ1) is 10.6. The Balaban J connectivity index is 1.94. The summed E-state index contributed by atoms with van der Waals surface area (Å²) in [4.78, 5) is 4.63. The first kappa shape index (κ1) is 14.6. The molecule has 3 rings (SSSR count). The molecule has 0 saturated heterocycles. The Morgan fingerprint density at radius 3 is 2.68 bits per heavy atom. The summed E-state index contributed by atoms with van der Waals surface area (Å²) >= 11 is 0. The molecule has 2 aromatic heterocycles. The van der Waals surface area contributed by atoms with Crippen LogP contribution in [0.3, 0.4) is 0 Å². The minimum atomic E-state index is 0.584. The van der Waals surface area contributed by atoms with Crippen molar-refractivity contribution in [2.75, 3.05) is 0 Å². The molecule has 0 aliphatic rings. The van der Waals surface area contributed by atoms with Crippen molar-refractivity contribution in [2.24, 2.45) is 0 Å². The van der Waals surface area contributed by atoms with Gasteiger partial charge < -0.3 is 9.14 Å². The fraction of sp³-hybridized carbons (Fsp3) is 0.316. The van der Waals surface area contributed by atoms with Crippen LogP contribution >= 0.6 is 0 Å². The maximum atomic E-state index is 6.11. The summed E-state index contributed by atoms with van der Waals surface area (Å²) in [6.07, 6.45) is 3.05. The molecule has 0 aliphatic carbocycles. The monoisotopic (exact) mass is 294 g/mol. The average Bonchev–Trinajstić information content (AvgIpc) is 2.82. The van der Waals surface area contributed by atoms with Gasteiger partial charge in [-0.1, -0.05) is 25.1 Å². The first-order valence-electron chi connectivity index (χ1n) is 7.76. The minimum absolute atomic E-state index is 0.584. The lowest BCUT2D eigenvalue weighted by Crippen LogP contribution is -2.03. The molecule has 114 valence electrons. The number of aromatic nitrogens is 2. The van der Waals surface area contributed by atoms with Crippen molar-refractivity contribution in [3.63, 3.8) is 0 Å². The number of imidazole rings is 1. The van der Waals surface area contributed by atoms with E-state index in [1.165, 1.54) is 16.7 Å². The van der Waals surface area contributed by atoms with E-state index >= 15 is 0 Å². The zero-order chi connectivity index (χ0) is 15.7. The van der Waals surface area contributed by atoms with Gasteiger partial charge in [0.1, 0.15) is 6.61 Å². The minimum Gasteiger partial charge on any atom is -0.485 e. The van der Waals surface area contributed by atoms with Crippen LogP contribution in [0.15, 0.2) is 36.5 Å². The molecule has 1 aromatic carbocycles. The van der Waals surface area contributed by atoms with Crippen LogP contribution in [-0.2, 0) is 13.0 Å². The number of nitrogens with zero attached hydrogens (tertiary/aromatic N) is 2. The van der Waals surface area contributed by atoms with Gasteiger partial charge in [-0.15, -0.1) is 0 Å². The number of fused-ring (bicyclic) bond motifs is 1. The van der Waals surface area contributed by atoms with E-state index in [-0.39, 0.29) is 0 Å². The number of benzene rings is 1. The largest absolute Gasteiger partial charge is 0.485 e. The van der Waals surface area contributed by atoms with Gasteiger partial charge in [-0.25, -0.2) is 4.98 Å². The molecule has 3 heteroatoms. The Bertz CT molecular complexity index is 818. The second-order valence-corrected chi connectivity index (χ2v) is 5.70. The van der Waals surface area contributed by atoms with E-state index in [1.54, 1.807) is 0 Å². The molecule has 0 aliphatic heterocycles. The zero-order valence-corrected chi connectivity index (χ0v) is 13.7. The van der Waals surface area contributed by atoms with Crippen LogP contribution < -0.4 is 4.74 Å². The van der Waals surface area contributed by atoms with Gasteiger partial charge in [0.25, 0.3) is 0 Å². The number of ether oxygens (including phenoxy) is 1. The van der Waals surface area contributed by atoms with Gasteiger partial charge in [0.2, 0.25) is 0 Å². The van der Waals surface area contributed by atoms with E-state index in [4.69, 9.17) is 4.74 Å². The second kappa shape index (κ2) is 5.84. The topological polar surface area (TPSA) is 26.5 Å². The van der Waals surface area contributed by atoms with E-state index < -0.39 is 0 Å². The van der Waals surface area contributed by atoms with E-state index in [0.29, 0.717) is 6.61 Å². The summed E-state index contributed by atoms with van der Waals surface area (Å²) in [5, 5.41) is 0. The summed E-state index contributed by atoms with van der Waals surface area (Å²) in [5.74, 6) is 0.837. The van der Waals surface area contributed by atoms with Crippen LogP contribution in [0.4, 0.5) is 0 Å². The molecule has 0 N–H and O–H groups in total. The Kier molecular flexibility index (Phi) is 3.88. The standard InChI is InChI=1S/C19H22N2O/c1-5-16-9-6-8-13(2)17(16)12-22-18-10-7-11-21-15(4)14(3)20-19(18)21/h6-11H,5,12H2,1-4H3. The Morgan fingerprint density at radius 2 is 1.91 bits per heavy atom. The molecule has 0 atom stereocenters. The molecular formula is C19H22N2O. The third kappa shape index (κ3) is 2.47. The summed E-state index contributed by atoms with van der Waals surface area (Å²) in [7, 11) is 0. The van der Waals surface area contributed by atoms with Crippen molar-refractivity contribution < 1.29 is 4.74 Å². The third-order valence-corrected chi connectivity index (χ3v) is 4.35. The summed E-state index contributed by atoms with van der Waals surface area (Å²) in [6, 6.07) is 10.4. The predicted molar refractivity (Wildman–Crippen MR) is 89.6 cm³/mol. The van der Waals surface area contributed by atoms with Crippen LogP contribution in [-0.4, -0.2) is 9.38 Å². The van der Waals surface area contributed by atoms with E-state index in [2.05, 4.69) is 48.4 Å². The molecule has 0 saturated carbocycles. The fourth-order valence-electron chi connectivity index (χ4n) is 2.84. The normalized spacial score (nSPS) is 11.1. The van der Waals surface area contributed by atoms with Crippen molar-refractivity contribution in [1.29, 1.82) is 0 Å². The van der Waals surface area contributed by atoms with E-state index in [9.17, 15) is 0 Å². The molecule has 2 heterocycles. The van der Waals surface area contributed by atoms with E-state index in [1.807, 2.05) is 25.3 Å². The van der Waals surface area contributed by atoms with Crippen molar-refractivity contribution in [1.82, 2.24) is 9.38 Å². The lowest BCUT2D eigenvalue weighted by Gasteiger charge is -2.13. The quantitative estimate of drug-likeness (QED) is 0.713. The molecule has 0 radical (unpaired) electrons. The van der Waals surface area contributed by atoms with Crippen LogP contribution in [0.2, 0.25) is 0 Å². The number of aryl methyl sites for hydroxylation is 4. The van der Waals surface area contributed by atoms with Crippen molar-refractivity contribution >= 4 is 5.65 Å². The third-order valence-electron chi connectivity index (χ3n) is 4.35. The molecule has 3 nitrogen and oxygen atoms in total. The van der Waals surface area contributed by atoms with Crippen LogP contribution in [0.5, 0.6) is 5.75 Å². The Morgan fingerprint density at radius 1 is 1.09 bits per heavy atom. The highest BCUT2D eigenvalue weighted by atomic mass is 16.5. The molecule has 0 unspecified atom stereocenters. The summed E-state index contributed by atoms with van der Waals surface area (Å²) in [6.45, 7) is 9.02. The van der Waals surface area contributed by atoms with Crippen molar-refractivity contribution in [2.45, 2.75) is 40.7 Å². The molecule has 0 bridgehead atoms. The molecule has 22 heavy (non-hydrogen) atoms. The number of hydrogen-bond donors (Lipinski definition) is 0. The highest BCUT2D eigenvalue weighted by Crippen LogP contribution is 2.24. The van der Waals surface area contributed by atoms with Gasteiger partial charge in [0, 0.05) is 11.9 Å². The van der Waals surface area contributed by atoms with Gasteiger partial charge >= 0.3 is 0 Å². The SMILES string of the molecule is CCc1cccc(C)c1COc1cccn2c(C)c(C)nc12. The molecule has 0 spiro atoms. The van der Waals surface area contributed by atoms with Crippen LogP contribution in [0.1, 0.15) is 35.0 Å². The number of pyridine rings is 1. The van der Waals surface area contributed by atoms with Crippen molar-refractivity contribution in [3.8, 4) is 5.75 Å². The predicted octanol–water partition coefficient (Wildman–Crippen LogP) is 4.40. The van der Waals surface area contributed by atoms with Gasteiger partial charge in [-0.05, 0) is 56.0 Å². The first-order valence-corrected chi connectivity index (χ1v) is 7.76. The number of hydrogen-bond acceptors (Lipinski definition) is 2. The molecule has 3 aromatic rings. The smallest absolute Gasteiger partial charge is 0.180 e. The fourth-order valence-corrected chi connectivity index (χ4v) is 2.84. The maximum absolute atomic E-state index is 6.11. The molecule has 0 fully saturated rings. The van der Waals surface area contributed by atoms with Crippen molar-refractivity contribution in [3.05, 3.63) is 64.6 Å². The lowest BCUT2D eigenvalue weighted by molar-refractivity contribution is 0.306. The van der Waals surface area contributed by atoms with Crippen LogP contribution in [0.25, 0.3) is 5.65 Å². The molecule has 0 amide bonds.